The van der Waals surface area contributed by atoms with E-state index in [1.54, 1.807) is 30.6 Å². The minimum atomic E-state index is -0.919. The van der Waals surface area contributed by atoms with Crippen molar-refractivity contribution in [3.05, 3.63) is 112 Å². The fourth-order valence-electron chi connectivity index (χ4n) is 4.28. The van der Waals surface area contributed by atoms with Gasteiger partial charge in [0.05, 0.1) is 28.8 Å². The lowest BCUT2D eigenvalue weighted by atomic mass is 9.94. The molecule has 4 aromatic rings. The van der Waals surface area contributed by atoms with Gasteiger partial charge in [0.15, 0.2) is 0 Å². The van der Waals surface area contributed by atoms with Crippen molar-refractivity contribution in [2.75, 3.05) is 0 Å². The summed E-state index contributed by atoms with van der Waals surface area (Å²) in [5.41, 5.74) is 1.70. The van der Waals surface area contributed by atoms with E-state index in [4.69, 9.17) is 0 Å². The number of ketones is 1. The summed E-state index contributed by atoms with van der Waals surface area (Å²) in [6.07, 6.45) is 3.29. The van der Waals surface area contributed by atoms with Gasteiger partial charge in [-0.25, -0.2) is 0 Å². The average Bonchev–Trinajstić information content (AvgIpc) is 3.38. The number of Topliss-reactive ketones (excluding diaryl/α,β-unsaturated/α-hetero) is 1. The Hall–Kier alpha value is -4.79. The van der Waals surface area contributed by atoms with E-state index in [0.717, 1.165) is 10.9 Å². The zero-order valence-electron chi connectivity index (χ0n) is 17.7. The van der Waals surface area contributed by atoms with Gasteiger partial charge in [-0.15, -0.1) is 0 Å². The largest absolute Gasteiger partial charge is 0.507 e. The highest BCUT2D eigenvalue weighted by Crippen LogP contribution is 2.42. The van der Waals surface area contributed by atoms with Crippen LogP contribution < -0.4 is 0 Å². The number of carbonyl (C=O) groups excluding carboxylic acids is 2. The third-order valence-electron chi connectivity index (χ3n) is 5.84. The second-order valence-electron chi connectivity index (χ2n) is 7.85. The molecule has 2 aromatic carbocycles. The Morgan fingerprint density at radius 3 is 2.65 bits per heavy atom. The monoisotopic (exact) mass is 454 g/mol. The van der Waals surface area contributed by atoms with E-state index >= 15 is 0 Å². The van der Waals surface area contributed by atoms with Gasteiger partial charge in [-0.2, -0.15) is 0 Å². The minimum absolute atomic E-state index is 0.0430. The van der Waals surface area contributed by atoms with E-state index < -0.39 is 28.4 Å². The van der Waals surface area contributed by atoms with Crippen LogP contribution in [0.4, 0.5) is 5.69 Å². The summed E-state index contributed by atoms with van der Waals surface area (Å²) in [6, 6.07) is 17.1. The maximum Gasteiger partial charge on any atom is 0.296 e. The number of para-hydroxylation sites is 1. The number of amides is 1. The predicted octanol–water partition coefficient (Wildman–Crippen LogP) is 4.09. The highest BCUT2D eigenvalue weighted by molar-refractivity contribution is 6.46. The number of rotatable bonds is 5. The van der Waals surface area contributed by atoms with Gasteiger partial charge in [0.1, 0.15) is 5.76 Å². The first kappa shape index (κ1) is 21.1. The van der Waals surface area contributed by atoms with Crippen molar-refractivity contribution in [1.29, 1.82) is 0 Å². The quantitative estimate of drug-likeness (QED) is 0.154. The maximum atomic E-state index is 13.2. The molecule has 0 radical (unpaired) electrons. The van der Waals surface area contributed by atoms with E-state index in [1.807, 2.05) is 24.3 Å². The molecule has 0 saturated carbocycles. The smallest absolute Gasteiger partial charge is 0.296 e. The van der Waals surface area contributed by atoms with Crippen LogP contribution in [0, 0.1) is 10.1 Å². The van der Waals surface area contributed by atoms with Crippen LogP contribution in [0.3, 0.4) is 0 Å². The van der Waals surface area contributed by atoms with Crippen molar-refractivity contribution in [3.8, 4) is 0 Å². The molecule has 9 heteroatoms. The van der Waals surface area contributed by atoms with Gasteiger partial charge in [0.25, 0.3) is 17.4 Å². The SMILES string of the molecule is O=C1C(=O)N(Cc2ccccn2)C(c2c[nH]c3ccccc23)/C1=C(\O)c1cccc([N+](=O)[O-])c1. The molecule has 1 amide bonds. The Bertz CT molecular complexity index is 1470. The van der Waals surface area contributed by atoms with E-state index in [1.165, 1.54) is 29.2 Å². The summed E-state index contributed by atoms with van der Waals surface area (Å²) >= 11 is 0. The molecule has 0 spiro atoms. The van der Waals surface area contributed by atoms with Gasteiger partial charge in [-0.1, -0.05) is 36.4 Å². The molecule has 2 aromatic heterocycles. The van der Waals surface area contributed by atoms with Gasteiger partial charge >= 0.3 is 0 Å². The molecular formula is C25H18N4O5. The van der Waals surface area contributed by atoms with Gasteiger partial charge in [0.2, 0.25) is 0 Å². The number of aromatic amines is 1. The summed E-state index contributed by atoms with van der Waals surface area (Å²) in [6.45, 7) is 0.0430. The summed E-state index contributed by atoms with van der Waals surface area (Å²) in [7, 11) is 0. The van der Waals surface area contributed by atoms with Gasteiger partial charge in [0, 0.05) is 46.6 Å². The number of nitrogens with zero attached hydrogens (tertiary/aromatic N) is 3. The Morgan fingerprint density at radius 1 is 1.09 bits per heavy atom. The molecule has 2 N–H and O–H groups in total. The molecule has 1 saturated heterocycles. The minimum Gasteiger partial charge on any atom is -0.507 e. The fourth-order valence-corrected chi connectivity index (χ4v) is 4.28. The normalized spacial score (nSPS) is 17.4. The van der Waals surface area contributed by atoms with E-state index in [9.17, 15) is 24.8 Å². The van der Waals surface area contributed by atoms with Crippen molar-refractivity contribution < 1.29 is 19.6 Å². The number of hydrogen-bond donors (Lipinski definition) is 2. The van der Waals surface area contributed by atoms with Crippen LogP contribution >= 0.6 is 0 Å². The highest BCUT2D eigenvalue weighted by Gasteiger charge is 2.47. The molecule has 1 aliphatic rings. The van der Waals surface area contributed by atoms with Crippen molar-refractivity contribution in [2.45, 2.75) is 12.6 Å². The molecule has 5 rings (SSSR count). The van der Waals surface area contributed by atoms with Crippen LogP contribution in [0.5, 0.6) is 0 Å². The lowest BCUT2D eigenvalue weighted by Crippen LogP contribution is -2.29. The zero-order chi connectivity index (χ0) is 23.8. The molecule has 1 unspecified atom stereocenters. The number of hydrogen-bond acceptors (Lipinski definition) is 6. The first-order valence-electron chi connectivity index (χ1n) is 10.4. The second kappa shape index (κ2) is 8.28. The molecule has 3 heterocycles. The number of nitro benzene ring substituents is 1. The van der Waals surface area contributed by atoms with Gasteiger partial charge in [-0.05, 0) is 18.2 Å². The molecular weight excluding hydrogens is 436 g/mol. The van der Waals surface area contributed by atoms with Crippen molar-refractivity contribution in [2.24, 2.45) is 0 Å². The van der Waals surface area contributed by atoms with Crippen LogP contribution in [0.2, 0.25) is 0 Å². The number of nitro groups is 1. The third kappa shape index (κ3) is 3.49. The lowest BCUT2D eigenvalue weighted by molar-refractivity contribution is -0.384. The molecule has 0 aliphatic carbocycles. The summed E-state index contributed by atoms with van der Waals surface area (Å²) in [4.78, 5) is 45.8. The van der Waals surface area contributed by atoms with E-state index in [2.05, 4.69) is 9.97 Å². The number of aliphatic hydroxyl groups is 1. The van der Waals surface area contributed by atoms with Crippen molar-refractivity contribution in [3.63, 3.8) is 0 Å². The lowest BCUT2D eigenvalue weighted by Gasteiger charge is -2.24. The number of aliphatic hydroxyl groups excluding tert-OH is 1. The third-order valence-corrected chi connectivity index (χ3v) is 5.84. The maximum absolute atomic E-state index is 13.2. The molecule has 1 aliphatic heterocycles. The molecule has 1 fully saturated rings. The average molecular weight is 454 g/mol. The predicted molar refractivity (Wildman–Crippen MR) is 123 cm³/mol. The number of non-ortho nitro benzene ring substituents is 1. The number of likely N-dealkylation sites (tertiary alicyclic amines) is 1. The summed E-state index contributed by atoms with van der Waals surface area (Å²) < 4.78 is 0. The number of pyridine rings is 1. The molecule has 0 bridgehead atoms. The number of H-pyrrole nitrogens is 1. The Morgan fingerprint density at radius 2 is 1.88 bits per heavy atom. The van der Waals surface area contributed by atoms with Gasteiger partial charge < -0.3 is 15.0 Å². The van der Waals surface area contributed by atoms with Crippen LogP contribution in [0.15, 0.2) is 84.7 Å². The van der Waals surface area contributed by atoms with E-state index in [0.29, 0.717) is 11.3 Å². The number of benzene rings is 2. The number of carbonyl (C=O) groups is 2. The first-order valence-corrected chi connectivity index (χ1v) is 10.4. The Labute approximate surface area is 193 Å². The highest BCUT2D eigenvalue weighted by atomic mass is 16.6. The zero-order valence-corrected chi connectivity index (χ0v) is 17.7. The number of fused-ring (bicyclic) bond motifs is 1. The molecule has 1 atom stereocenters. The Balaban J connectivity index is 1.71. The van der Waals surface area contributed by atoms with Gasteiger partial charge in [-0.3, -0.25) is 24.7 Å². The van der Waals surface area contributed by atoms with E-state index in [-0.39, 0.29) is 23.4 Å². The molecule has 34 heavy (non-hydrogen) atoms. The number of nitrogens with one attached hydrogen (secondary N) is 1. The van der Waals surface area contributed by atoms with Crippen LogP contribution in [-0.2, 0) is 16.1 Å². The fraction of sp³-hybridized carbons (Fsp3) is 0.0800. The van der Waals surface area contributed by atoms with Crippen LogP contribution in [0.25, 0.3) is 16.7 Å². The Kier molecular flexibility index (Phi) is 5.14. The van der Waals surface area contributed by atoms with Crippen molar-refractivity contribution in [1.82, 2.24) is 14.9 Å². The van der Waals surface area contributed by atoms with Crippen LogP contribution in [0.1, 0.15) is 22.9 Å². The number of aromatic nitrogens is 2. The first-order chi connectivity index (χ1) is 16.5. The molecule has 168 valence electrons. The van der Waals surface area contributed by atoms with Crippen molar-refractivity contribution >= 4 is 34.0 Å². The standard InChI is InChI=1S/C25H18N4O5/c30-23(15-6-5-8-17(12-15)29(33)34)21-22(19-13-27-20-10-2-1-9-18(19)20)28(25(32)24(21)31)14-16-7-3-4-11-26-16/h1-13,22,27,30H,14H2/b23-21+. The summed E-state index contributed by atoms with van der Waals surface area (Å²) in [5, 5.41) is 23.2. The summed E-state index contributed by atoms with van der Waals surface area (Å²) in [5.74, 6) is -2.12. The second-order valence-corrected chi connectivity index (χ2v) is 7.85. The molecule has 9 nitrogen and oxygen atoms in total. The van der Waals surface area contributed by atoms with Crippen LogP contribution in [-0.4, -0.2) is 36.6 Å². The topological polar surface area (TPSA) is 129 Å².